The first-order chi connectivity index (χ1) is 12.6. The monoisotopic (exact) mass is 362 g/mol. The van der Waals surface area contributed by atoms with Crippen LogP contribution in [0.3, 0.4) is 0 Å². The Morgan fingerprint density at radius 2 is 1.92 bits per heavy atom. The van der Waals surface area contributed by atoms with Crippen LogP contribution in [0, 0.1) is 12.8 Å². The minimum Gasteiger partial charge on any atom is -0.351 e. The van der Waals surface area contributed by atoms with Gasteiger partial charge in [0.25, 0.3) is 5.91 Å². The summed E-state index contributed by atoms with van der Waals surface area (Å²) in [7, 11) is 0. The van der Waals surface area contributed by atoms with Crippen molar-refractivity contribution in [3.63, 3.8) is 0 Å². The predicted molar refractivity (Wildman–Crippen MR) is 102 cm³/mol. The Kier molecular flexibility index (Phi) is 7.02. The Hall–Kier alpha value is -1.47. The van der Waals surface area contributed by atoms with Crippen LogP contribution in [0.15, 0.2) is 0 Å². The molecule has 2 aliphatic heterocycles. The molecule has 1 aromatic heterocycles. The molecule has 2 aliphatic rings. The lowest BCUT2D eigenvalue weighted by Gasteiger charge is -2.30. The highest BCUT2D eigenvalue weighted by molar-refractivity contribution is 5.93. The quantitative estimate of drug-likeness (QED) is 0.723. The van der Waals surface area contributed by atoms with Gasteiger partial charge in [-0.1, -0.05) is 12.1 Å². The lowest BCUT2D eigenvalue weighted by molar-refractivity contribution is 0.0946. The number of carbonyl (C=O) groups excluding carboxylic acids is 1. The van der Waals surface area contributed by atoms with Crippen molar-refractivity contribution in [2.75, 3.05) is 39.3 Å². The van der Waals surface area contributed by atoms with E-state index in [0.29, 0.717) is 18.3 Å². The van der Waals surface area contributed by atoms with E-state index in [1.807, 2.05) is 11.6 Å². The number of nitrogens with zero attached hydrogens (tertiary/aromatic N) is 4. The van der Waals surface area contributed by atoms with Crippen LogP contribution >= 0.6 is 0 Å². The van der Waals surface area contributed by atoms with Gasteiger partial charge in [0.1, 0.15) is 0 Å². The first-order valence-electron chi connectivity index (χ1n) is 10.3. The maximum absolute atomic E-state index is 12.4. The molecular weight excluding hydrogens is 328 g/mol. The summed E-state index contributed by atoms with van der Waals surface area (Å²) in [6, 6.07) is 0.359. The molecule has 0 spiro atoms. The predicted octanol–water partition coefficient (Wildman–Crippen LogP) is 1.75. The minimum absolute atomic E-state index is 0.0884. The molecule has 2 N–H and O–H groups in total. The molecule has 26 heavy (non-hydrogen) atoms. The zero-order chi connectivity index (χ0) is 18.4. The molecule has 7 nitrogen and oxygen atoms in total. The van der Waals surface area contributed by atoms with Gasteiger partial charge in [0, 0.05) is 6.54 Å². The summed E-state index contributed by atoms with van der Waals surface area (Å²) in [4.78, 5) is 15.0. The molecule has 1 aromatic rings. The van der Waals surface area contributed by atoms with Crippen LogP contribution in [0.5, 0.6) is 0 Å². The van der Waals surface area contributed by atoms with E-state index >= 15 is 0 Å². The number of likely N-dealkylation sites (tertiary alicyclic amines) is 1. The molecule has 3 heterocycles. The number of hydrogen-bond donors (Lipinski definition) is 2. The number of amides is 1. The van der Waals surface area contributed by atoms with E-state index in [2.05, 4.69) is 32.8 Å². The van der Waals surface area contributed by atoms with Crippen LogP contribution in [-0.2, 0) is 0 Å². The van der Waals surface area contributed by atoms with Crippen LogP contribution in [0.1, 0.15) is 67.7 Å². The third-order valence-corrected chi connectivity index (χ3v) is 5.86. The highest BCUT2D eigenvalue weighted by Gasteiger charge is 2.22. The Morgan fingerprint density at radius 3 is 2.65 bits per heavy atom. The van der Waals surface area contributed by atoms with Gasteiger partial charge in [-0.05, 0) is 84.1 Å². The van der Waals surface area contributed by atoms with Gasteiger partial charge >= 0.3 is 0 Å². The normalized spacial score (nSPS) is 20.4. The average molecular weight is 363 g/mol. The zero-order valence-electron chi connectivity index (χ0n) is 16.3. The summed E-state index contributed by atoms with van der Waals surface area (Å²) >= 11 is 0. The number of piperidine rings is 2. The average Bonchev–Trinajstić information content (AvgIpc) is 3.05. The second-order valence-electron chi connectivity index (χ2n) is 7.94. The number of carbonyl (C=O) groups is 1. The maximum atomic E-state index is 12.4. The standard InChI is InChI=1S/C19H34N6O/c1-15-7-13-24(14-8-15)12-4-3-9-21-19(26)18-16(2)25(23-22-18)17-5-10-20-11-6-17/h15,17,20H,3-14H2,1-2H3,(H,21,26). The van der Waals surface area contributed by atoms with Crippen molar-refractivity contribution in [1.29, 1.82) is 0 Å². The van der Waals surface area contributed by atoms with Crippen LogP contribution in [0.4, 0.5) is 0 Å². The van der Waals surface area contributed by atoms with Crippen molar-refractivity contribution in [3.05, 3.63) is 11.4 Å². The van der Waals surface area contributed by atoms with Crippen molar-refractivity contribution >= 4 is 5.91 Å². The molecule has 2 saturated heterocycles. The fourth-order valence-corrected chi connectivity index (χ4v) is 3.98. The molecule has 0 radical (unpaired) electrons. The minimum atomic E-state index is -0.0884. The lowest BCUT2D eigenvalue weighted by Crippen LogP contribution is -2.34. The SMILES string of the molecule is Cc1c(C(=O)NCCCCN2CCC(C)CC2)nnn1C1CCNCC1. The van der Waals surface area contributed by atoms with Gasteiger partial charge in [0.15, 0.2) is 5.69 Å². The number of hydrogen-bond acceptors (Lipinski definition) is 5. The summed E-state index contributed by atoms with van der Waals surface area (Å²) in [6.45, 7) is 10.6. The number of aromatic nitrogens is 3. The van der Waals surface area contributed by atoms with E-state index in [9.17, 15) is 4.79 Å². The number of rotatable bonds is 7. The van der Waals surface area contributed by atoms with Gasteiger partial charge < -0.3 is 15.5 Å². The molecule has 0 saturated carbocycles. The molecule has 0 aromatic carbocycles. The van der Waals surface area contributed by atoms with Gasteiger partial charge in [0.2, 0.25) is 0 Å². The van der Waals surface area contributed by atoms with Gasteiger partial charge in [0.05, 0.1) is 11.7 Å². The van der Waals surface area contributed by atoms with Crippen molar-refractivity contribution in [2.24, 2.45) is 5.92 Å². The number of nitrogens with one attached hydrogen (secondary N) is 2. The second kappa shape index (κ2) is 9.46. The Balaban J connectivity index is 1.37. The van der Waals surface area contributed by atoms with Crippen molar-refractivity contribution < 1.29 is 4.79 Å². The Morgan fingerprint density at radius 1 is 1.19 bits per heavy atom. The summed E-state index contributed by atoms with van der Waals surface area (Å²) < 4.78 is 1.94. The van der Waals surface area contributed by atoms with Crippen LogP contribution in [-0.4, -0.2) is 65.1 Å². The third kappa shape index (κ3) is 5.04. The van der Waals surface area contributed by atoms with Crippen molar-refractivity contribution in [3.8, 4) is 0 Å². The van der Waals surface area contributed by atoms with E-state index in [1.54, 1.807) is 0 Å². The Bertz CT molecular complexity index is 573. The molecule has 0 unspecified atom stereocenters. The molecule has 7 heteroatoms. The van der Waals surface area contributed by atoms with E-state index in [-0.39, 0.29) is 5.91 Å². The molecule has 0 atom stereocenters. The Labute approximate surface area is 156 Å². The third-order valence-electron chi connectivity index (χ3n) is 5.86. The summed E-state index contributed by atoms with van der Waals surface area (Å²) in [5.41, 5.74) is 1.37. The molecule has 0 bridgehead atoms. The molecule has 3 rings (SSSR count). The lowest BCUT2D eigenvalue weighted by atomic mass is 9.99. The highest BCUT2D eigenvalue weighted by Crippen LogP contribution is 2.20. The molecule has 2 fully saturated rings. The van der Waals surface area contributed by atoms with E-state index < -0.39 is 0 Å². The largest absolute Gasteiger partial charge is 0.351 e. The molecule has 0 aliphatic carbocycles. The highest BCUT2D eigenvalue weighted by atomic mass is 16.2. The molecule has 146 valence electrons. The zero-order valence-corrected chi connectivity index (χ0v) is 16.3. The summed E-state index contributed by atoms with van der Waals surface area (Å²) in [5.74, 6) is 0.793. The fourth-order valence-electron chi connectivity index (χ4n) is 3.98. The summed E-state index contributed by atoms with van der Waals surface area (Å²) in [6.07, 6.45) is 6.88. The summed E-state index contributed by atoms with van der Waals surface area (Å²) in [5, 5.41) is 14.8. The number of unbranched alkanes of at least 4 members (excludes halogenated alkanes) is 1. The molecule has 1 amide bonds. The van der Waals surface area contributed by atoms with Crippen LogP contribution < -0.4 is 10.6 Å². The van der Waals surface area contributed by atoms with Gasteiger partial charge in [-0.2, -0.15) is 0 Å². The van der Waals surface area contributed by atoms with Gasteiger partial charge in [-0.15, -0.1) is 5.10 Å². The smallest absolute Gasteiger partial charge is 0.273 e. The van der Waals surface area contributed by atoms with Crippen LogP contribution in [0.25, 0.3) is 0 Å². The van der Waals surface area contributed by atoms with Crippen LogP contribution in [0.2, 0.25) is 0 Å². The van der Waals surface area contributed by atoms with E-state index in [1.165, 1.54) is 25.9 Å². The van der Waals surface area contributed by atoms with Crippen molar-refractivity contribution in [2.45, 2.75) is 58.4 Å². The first-order valence-corrected chi connectivity index (χ1v) is 10.3. The van der Waals surface area contributed by atoms with Crippen molar-refractivity contribution in [1.82, 2.24) is 30.5 Å². The van der Waals surface area contributed by atoms with Gasteiger partial charge in [-0.3, -0.25) is 4.79 Å². The van der Waals surface area contributed by atoms with Gasteiger partial charge in [-0.25, -0.2) is 4.68 Å². The van der Waals surface area contributed by atoms with E-state index in [4.69, 9.17) is 0 Å². The fraction of sp³-hybridized carbons (Fsp3) is 0.842. The topological polar surface area (TPSA) is 75.1 Å². The molecular formula is C19H34N6O. The maximum Gasteiger partial charge on any atom is 0.273 e. The van der Waals surface area contributed by atoms with E-state index in [0.717, 1.165) is 56.9 Å². The first kappa shape index (κ1) is 19.3. The second-order valence-corrected chi connectivity index (χ2v) is 7.94.